The van der Waals surface area contributed by atoms with Gasteiger partial charge in [0, 0.05) is 12.5 Å². The molecule has 35 heavy (non-hydrogen) atoms. The zero-order valence-corrected chi connectivity index (χ0v) is 23.1. The molecule has 0 atom stereocenters. The fraction of sp³-hybridized carbons (Fsp3) is 1.00. The third kappa shape index (κ3) is 34.0. The maximum absolute atomic E-state index is 5.60. The molecule has 0 aromatic rings. The van der Waals surface area contributed by atoms with Crippen LogP contribution in [0.4, 0.5) is 0 Å². The van der Waals surface area contributed by atoms with Gasteiger partial charge in [0.1, 0.15) is 0 Å². The second-order valence-corrected chi connectivity index (χ2v) is 8.44. The van der Waals surface area contributed by atoms with Gasteiger partial charge in [-0.1, -0.05) is 51.9 Å². The molecule has 0 N–H and O–H groups in total. The molecule has 8 nitrogen and oxygen atoms in total. The van der Waals surface area contributed by atoms with Crippen molar-refractivity contribution in [3.8, 4) is 0 Å². The Kier molecular flexibility index (Phi) is 33.9. The van der Waals surface area contributed by atoms with Crippen LogP contribution in [0.15, 0.2) is 0 Å². The molecule has 9 heteroatoms. The van der Waals surface area contributed by atoms with Gasteiger partial charge in [-0.2, -0.15) is 0 Å². The van der Waals surface area contributed by atoms with Crippen molar-refractivity contribution >= 4 is 11.6 Å². The lowest BCUT2D eigenvalue weighted by atomic mass is 10.1. The van der Waals surface area contributed by atoms with Crippen molar-refractivity contribution < 1.29 is 37.9 Å². The van der Waals surface area contributed by atoms with E-state index in [0.29, 0.717) is 105 Å². The van der Waals surface area contributed by atoms with E-state index in [0.717, 1.165) is 13.0 Å². The molecule has 0 saturated heterocycles. The van der Waals surface area contributed by atoms with Crippen LogP contribution in [0.2, 0.25) is 0 Å². The second kappa shape index (κ2) is 34.0. The van der Waals surface area contributed by atoms with E-state index in [1.807, 2.05) is 0 Å². The third-order valence-corrected chi connectivity index (χ3v) is 5.12. The van der Waals surface area contributed by atoms with Gasteiger partial charge in [0.05, 0.1) is 99.1 Å². The molecule has 0 aliphatic heterocycles. The first-order valence-electron chi connectivity index (χ1n) is 13.6. The molecule has 0 unspecified atom stereocenters. The molecule has 0 spiro atoms. The average Bonchev–Trinajstić information content (AvgIpc) is 2.87. The molecule has 0 rings (SSSR count). The summed E-state index contributed by atoms with van der Waals surface area (Å²) in [5.74, 6) is 0.507. The lowest BCUT2D eigenvalue weighted by Gasteiger charge is -2.08. The Labute approximate surface area is 219 Å². The fourth-order valence-electron chi connectivity index (χ4n) is 3.03. The normalized spacial score (nSPS) is 11.5. The van der Waals surface area contributed by atoms with Crippen molar-refractivity contribution in [2.75, 3.05) is 112 Å². The first-order chi connectivity index (χ1) is 17.4. The summed E-state index contributed by atoms with van der Waals surface area (Å²) in [5, 5.41) is 0. The maximum Gasteiger partial charge on any atom is 0.0701 e. The maximum atomic E-state index is 5.60. The number of rotatable bonds is 32. The van der Waals surface area contributed by atoms with Crippen molar-refractivity contribution in [2.45, 2.75) is 58.3 Å². The number of alkyl halides is 1. The number of unbranched alkanes of at least 4 members (excludes halogenated alkanes) is 7. The summed E-state index contributed by atoms with van der Waals surface area (Å²) in [6.07, 6.45) is 10.6. The van der Waals surface area contributed by atoms with E-state index >= 15 is 0 Å². The van der Waals surface area contributed by atoms with Crippen molar-refractivity contribution in [1.82, 2.24) is 0 Å². The summed E-state index contributed by atoms with van der Waals surface area (Å²) in [5.41, 5.74) is 0. The van der Waals surface area contributed by atoms with Crippen LogP contribution in [-0.4, -0.2) is 112 Å². The Morgan fingerprint density at radius 3 is 0.886 bits per heavy atom. The van der Waals surface area contributed by atoms with Gasteiger partial charge in [0.2, 0.25) is 0 Å². The van der Waals surface area contributed by atoms with E-state index in [-0.39, 0.29) is 0 Å². The van der Waals surface area contributed by atoms with Crippen molar-refractivity contribution in [3.05, 3.63) is 0 Å². The quantitative estimate of drug-likeness (QED) is 0.0933. The Balaban J connectivity index is 3.00. The highest BCUT2D eigenvalue weighted by Crippen LogP contribution is 2.08. The fourth-order valence-corrected chi connectivity index (χ4v) is 3.14. The standard InChI is InChI=1S/C26H53ClO8/c1-2-3-4-5-6-7-8-9-11-28-13-15-30-17-19-32-21-23-34-25-26-35-24-22-33-20-18-31-16-14-29-12-10-27/h2-26H2,1H3. The minimum atomic E-state index is 0.507. The van der Waals surface area contributed by atoms with Crippen LogP contribution in [-0.2, 0) is 37.9 Å². The number of halogens is 1. The van der Waals surface area contributed by atoms with Crippen LogP contribution >= 0.6 is 11.6 Å². The predicted molar refractivity (Wildman–Crippen MR) is 140 cm³/mol. The molecule has 0 fully saturated rings. The summed E-state index contributed by atoms with van der Waals surface area (Å²) in [4.78, 5) is 0. The highest BCUT2D eigenvalue weighted by Gasteiger charge is 1.96. The third-order valence-electron chi connectivity index (χ3n) is 4.97. The summed E-state index contributed by atoms with van der Waals surface area (Å²) in [7, 11) is 0. The van der Waals surface area contributed by atoms with Gasteiger partial charge in [-0.25, -0.2) is 0 Å². The summed E-state index contributed by atoms with van der Waals surface area (Å²) < 4.78 is 43.5. The Bertz CT molecular complexity index is 334. The molecule has 0 bridgehead atoms. The van der Waals surface area contributed by atoms with E-state index < -0.39 is 0 Å². The Hall–Kier alpha value is -0.0300. The molecular formula is C26H53ClO8. The van der Waals surface area contributed by atoms with Gasteiger partial charge >= 0.3 is 0 Å². The van der Waals surface area contributed by atoms with Gasteiger partial charge in [-0.3, -0.25) is 0 Å². The molecule has 0 aromatic heterocycles. The lowest BCUT2D eigenvalue weighted by Crippen LogP contribution is -2.15. The van der Waals surface area contributed by atoms with Crippen LogP contribution < -0.4 is 0 Å². The van der Waals surface area contributed by atoms with Crippen molar-refractivity contribution in [1.29, 1.82) is 0 Å². The molecule has 0 aliphatic rings. The van der Waals surface area contributed by atoms with Gasteiger partial charge in [-0.05, 0) is 6.42 Å². The first-order valence-corrected chi connectivity index (χ1v) is 14.1. The Morgan fingerprint density at radius 1 is 0.314 bits per heavy atom. The van der Waals surface area contributed by atoms with Crippen molar-refractivity contribution in [2.24, 2.45) is 0 Å². The van der Waals surface area contributed by atoms with Gasteiger partial charge in [0.25, 0.3) is 0 Å². The zero-order valence-electron chi connectivity index (χ0n) is 22.3. The second-order valence-electron chi connectivity index (χ2n) is 8.06. The predicted octanol–water partition coefficient (Wildman–Crippen LogP) is 4.50. The highest BCUT2D eigenvalue weighted by atomic mass is 35.5. The number of ether oxygens (including phenoxy) is 8. The molecule has 0 aromatic carbocycles. The molecule has 212 valence electrons. The molecule has 0 radical (unpaired) electrons. The Morgan fingerprint density at radius 2 is 0.571 bits per heavy atom. The SMILES string of the molecule is CCCCCCCCCCOCCOCCOCCOCCOCCOCCOCCOCCCl. The van der Waals surface area contributed by atoms with Crippen LogP contribution in [0.1, 0.15) is 58.3 Å². The van der Waals surface area contributed by atoms with E-state index in [9.17, 15) is 0 Å². The lowest BCUT2D eigenvalue weighted by molar-refractivity contribution is -0.0228. The van der Waals surface area contributed by atoms with Crippen LogP contribution in [0.5, 0.6) is 0 Å². The largest absolute Gasteiger partial charge is 0.379 e. The van der Waals surface area contributed by atoms with E-state index in [1.165, 1.54) is 44.9 Å². The van der Waals surface area contributed by atoms with E-state index in [2.05, 4.69) is 6.92 Å². The molecule has 0 aliphatic carbocycles. The molecule has 0 saturated carbocycles. The van der Waals surface area contributed by atoms with E-state index in [4.69, 9.17) is 49.5 Å². The van der Waals surface area contributed by atoms with Crippen LogP contribution in [0.25, 0.3) is 0 Å². The minimum Gasteiger partial charge on any atom is -0.379 e. The highest BCUT2D eigenvalue weighted by molar-refractivity contribution is 6.17. The molecular weight excluding hydrogens is 476 g/mol. The van der Waals surface area contributed by atoms with Gasteiger partial charge < -0.3 is 37.9 Å². The van der Waals surface area contributed by atoms with E-state index in [1.54, 1.807) is 0 Å². The summed E-state index contributed by atoms with van der Waals surface area (Å²) in [6.45, 7) is 11.5. The number of hydrogen-bond acceptors (Lipinski definition) is 8. The van der Waals surface area contributed by atoms with Crippen LogP contribution in [0.3, 0.4) is 0 Å². The summed E-state index contributed by atoms with van der Waals surface area (Å²) >= 11 is 5.50. The average molecular weight is 529 g/mol. The smallest absolute Gasteiger partial charge is 0.0701 e. The van der Waals surface area contributed by atoms with Gasteiger partial charge in [0.15, 0.2) is 0 Å². The minimum absolute atomic E-state index is 0.507. The van der Waals surface area contributed by atoms with Crippen molar-refractivity contribution in [3.63, 3.8) is 0 Å². The van der Waals surface area contributed by atoms with Gasteiger partial charge in [-0.15, -0.1) is 11.6 Å². The first kappa shape index (κ1) is 35.0. The topological polar surface area (TPSA) is 73.8 Å². The molecule has 0 heterocycles. The zero-order chi connectivity index (χ0) is 25.3. The summed E-state index contributed by atoms with van der Waals surface area (Å²) in [6, 6.07) is 0. The monoisotopic (exact) mass is 528 g/mol. The number of hydrogen-bond donors (Lipinski definition) is 0. The van der Waals surface area contributed by atoms with Crippen LogP contribution in [0, 0.1) is 0 Å². The molecule has 0 amide bonds.